The van der Waals surface area contributed by atoms with Crippen LogP contribution in [0.3, 0.4) is 0 Å². The number of ether oxygens (including phenoxy) is 1. The third-order valence-corrected chi connectivity index (χ3v) is 2.56. The standard InChI is InChI=1S/C12H24N4O2/c1-5-6-13-10(3)11-15-16-12(18-11)14-7-9(2)8-17-4/h9-10,13H,5-8H2,1-4H3,(H,14,16). The highest BCUT2D eigenvalue weighted by atomic mass is 16.5. The second-order valence-corrected chi connectivity index (χ2v) is 4.56. The van der Waals surface area contributed by atoms with Gasteiger partial charge in [-0.3, -0.25) is 0 Å². The third kappa shape index (κ3) is 5.01. The molecule has 104 valence electrons. The normalized spacial score (nSPS) is 14.4. The number of aromatic nitrogens is 2. The second-order valence-electron chi connectivity index (χ2n) is 4.56. The van der Waals surface area contributed by atoms with Crippen molar-refractivity contribution in [3.05, 3.63) is 5.89 Å². The van der Waals surface area contributed by atoms with Crippen LogP contribution in [0.5, 0.6) is 0 Å². The van der Waals surface area contributed by atoms with E-state index in [1.165, 1.54) is 0 Å². The molecule has 0 aliphatic carbocycles. The Morgan fingerprint density at radius 2 is 2.11 bits per heavy atom. The molecule has 0 saturated carbocycles. The van der Waals surface area contributed by atoms with E-state index >= 15 is 0 Å². The fraction of sp³-hybridized carbons (Fsp3) is 0.833. The van der Waals surface area contributed by atoms with Crippen molar-refractivity contribution in [3.63, 3.8) is 0 Å². The van der Waals surface area contributed by atoms with Crippen LogP contribution in [0.15, 0.2) is 4.42 Å². The van der Waals surface area contributed by atoms with Gasteiger partial charge in [0.2, 0.25) is 5.89 Å². The van der Waals surface area contributed by atoms with E-state index in [1.54, 1.807) is 7.11 Å². The fourth-order valence-electron chi connectivity index (χ4n) is 1.53. The lowest BCUT2D eigenvalue weighted by molar-refractivity contribution is 0.164. The minimum absolute atomic E-state index is 0.0874. The zero-order valence-corrected chi connectivity index (χ0v) is 11.7. The van der Waals surface area contributed by atoms with Crippen LogP contribution >= 0.6 is 0 Å². The van der Waals surface area contributed by atoms with Gasteiger partial charge in [0.1, 0.15) is 0 Å². The van der Waals surface area contributed by atoms with Crippen molar-refractivity contribution in [1.29, 1.82) is 0 Å². The van der Waals surface area contributed by atoms with E-state index in [1.807, 2.05) is 6.92 Å². The van der Waals surface area contributed by atoms with Gasteiger partial charge in [0.05, 0.1) is 12.6 Å². The highest BCUT2D eigenvalue weighted by molar-refractivity contribution is 5.17. The lowest BCUT2D eigenvalue weighted by Gasteiger charge is -2.09. The maximum absolute atomic E-state index is 5.53. The number of hydrogen-bond acceptors (Lipinski definition) is 6. The lowest BCUT2D eigenvalue weighted by Crippen LogP contribution is -2.19. The molecule has 0 bridgehead atoms. The summed E-state index contributed by atoms with van der Waals surface area (Å²) in [6, 6.07) is 0.558. The molecule has 18 heavy (non-hydrogen) atoms. The maximum Gasteiger partial charge on any atom is 0.315 e. The van der Waals surface area contributed by atoms with Crippen LogP contribution in [-0.2, 0) is 4.74 Å². The van der Waals surface area contributed by atoms with Crippen LogP contribution in [0.4, 0.5) is 6.01 Å². The average molecular weight is 256 g/mol. The Bertz CT molecular complexity index is 330. The molecule has 1 rings (SSSR count). The first kappa shape index (κ1) is 14.9. The summed E-state index contributed by atoms with van der Waals surface area (Å²) in [7, 11) is 1.70. The summed E-state index contributed by atoms with van der Waals surface area (Å²) in [6.07, 6.45) is 1.08. The predicted octanol–water partition coefficient (Wildman–Crippen LogP) is 1.82. The summed E-state index contributed by atoms with van der Waals surface area (Å²) in [5.74, 6) is 1.02. The number of hydrogen-bond donors (Lipinski definition) is 2. The number of rotatable bonds is 9. The molecule has 6 nitrogen and oxygen atoms in total. The van der Waals surface area contributed by atoms with E-state index < -0.39 is 0 Å². The summed E-state index contributed by atoms with van der Waals surface area (Å²) >= 11 is 0. The summed E-state index contributed by atoms with van der Waals surface area (Å²) in [5.41, 5.74) is 0. The van der Waals surface area contributed by atoms with Gasteiger partial charge in [-0.1, -0.05) is 18.9 Å². The highest BCUT2D eigenvalue weighted by Crippen LogP contribution is 2.13. The Morgan fingerprint density at radius 3 is 2.78 bits per heavy atom. The van der Waals surface area contributed by atoms with Crippen LogP contribution in [0.2, 0.25) is 0 Å². The van der Waals surface area contributed by atoms with Gasteiger partial charge in [0.25, 0.3) is 0 Å². The quantitative estimate of drug-likeness (QED) is 0.702. The second kappa shape index (κ2) is 8.05. The largest absolute Gasteiger partial charge is 0.406 e. The van der Waals surface area contributed by atoms with Crippen molar-refractivity contribution in [2.45, 2.75) is 33.2 Å². The van der Waals surface area contributed by atoms with Gasteiger partial charge < -0.3 is 19.8 Å². The number of anilines is 1. The van der Waals surface area contributed by atoms with E-state index in [0.717, 1.165) is 19.5 Å². The van der Waals surface area contributed by atoms with Crippen molar-refractivity contribution >= 4 is 6.01 Å². The minimum atomic E-state index is 0.0874. The number of methoxy groups -OCH3 is 1. The van der Waals surface area contributed by atoms with Gasteiger partial charge in [-0.25, -0.2) is 0 Å². The van der Waals surface area contributed by atoms with E-state index in [9.17, 15) is 0 Å². The van der Waals surface area contributed by atoms with E-state index in [0.29, 0.717) is 24.4 Å². The van der Waals surface area contributed by atoms with Crippen molar-refractivity contribution in [2.24, 2.45) is 5.92 Å². The lowest BCUT2D eigenvalue weighted by atomic mass is 10.2. The molecule has 0 radical (unpaired) electrons. The predicted molar refractivity (Wildman–Crippen MR) is 70.5 cm³/mol. The van der Waals surface area contributed by atoms with Crippen LogP contribution in [0, 0.1) is 5.92 Å². The van der Waals surface area contributed by atoms with Crippen molar-refractivity contribution in [2.75, 3.05) is 32.1 Å². The van der Waals surface area contributed by atoms with Gasteiger partial charge in [-0.2, -0.15) is 0 Å². The number of nitrogens with zero attached hydrogens (tertiary/aromatic N) is 2. The highest BCUT2D eigenvalue weighted by Gasteiger charge is 2.13. The Hall–Kier alpha value is -1.14. The molecule has 2 unspecified atom stereocenters. The van der Waals surface area contributed by atoms with Gasteiger partial charge >= 0.3 is 6.01 Å². The molecule has 1 aromatic heterocycles. The van der Waals surface area contributed by atoms with Crippen molar-refractivity contribution in [1.82, 2.24) is 15.5 Å². The van der Waals surface area contributed by atoms with Gasteiger partial charge in [0.15, 0.2) is 0 Å². The molecule has 0 aromatic carbocycles. The van der Waals surface area contributed by atoms with Gasteiger partial charge in [-0.05, 0) is 25.8 Å². The Labute approximate surface area is 108 Å². The Kier molecular flexibility index (Phi) is 6.67. The zero-order chi connectivity index (χ0) is 13.4. The molecule has 2 atom stereocenters. The van der Waals surface area contributed by atoms with Crippen LogP contribution in [0.25, 0.3) is 0 Å². The summed E-state index contributed by atoms with van der Waals surface area (Å²) in [5, 5.41) is 14.4. The van der Waals surface area contributed by atoms with Crippen LogP contribution in [-0.4, -0.2) is 37.0 Å². The zero-order valence-electron chi connectivity index (χ0n) is 11.7. The van der Waals surface area contributed by atoms with E-state index in [-0.39, 0.29) is 6.04 Å². The first-order chi connectivity index (χ1) is 8.67. The molecule has 0 amide bonds. The molecule has 1 heterocycles. The molecule has 0 aliphatic rings. The Morgan fingerprint density at radius 1 is 1.33 bits per heavy atom. The molecule has 6 heteroatoms. The molecule has 0 saturated heterocycles. The summed E-state index contributed by atoms with van der Waals surface area (Å²) in [4.78, 5) is 0. The van der Waals surface area contributed by atoms with Crippen LogP contribution in [0.1, 0.15) is 39.1 Å². The summed E-state index contributed by atoms with van der Waals surface area (Å²) < 4.78 is 10.6. The topological polar surface area (TPSA) is 72.2 Å². The fourth-order valence-corrected chi connectivity index (χ4v) is 1.53. The maximum atomic E-state index is 5.53. The monoisotopic (exact) mass is 256 g/mol. The van der Waals surface area contributed by atoms with Gasteiger partial charge in [-0.15, -0.1) is 5.10 Å². The molecular formula is C12H24N4O2. The Balaban J connectivity index is 2.38. The summed E-state index contributed by atoms with van der Waals surface area (Å²) in [6.45, 7) is 8.64. The van der Waals surface area contributed by atoms with E-state index in [4.69, 9.17) is 9.15 Å². The van der Waals surface area contributed by atoms with Crippen LogP contribution < -0.4 is 10.6 Å². The van der Waals surface area contributed by atoms with E-state index in [2.05, 4.69) is 34.7 Å². The first-order valence-electron chi connectivity index (χ1n) is 6.47. The average Bonchev–Trinajstić information content (AvgIpc) is 2.82. The smallest absolute Gasteiger partial charge is 0.315 e. The molecule has 2 N–H and O–H groups in total. The molecule has 1 aromatic rings. The van der Waals surface area contributed by atoms with Crippen molar-refractivity contribution in [3.8, 4) is 0 Å². The molecule has 0 fully saturated rings. The molecule has 0 spiro atoms. The van der Waals surface area contributed by atoms with Crippen molar-refractivity contribution < 1.29 is 9.15 Å². The minimum Gasteiger partial charge on any atom is -0.406 e. The number of nitrogens with one attached hydrogen (secondary N) is 2. The molecule has 0 aliphatic heterocycles. The SMILES string of the molecule is CCCNC(C)c1nnc(NCC(C)COC)o1. The third-order valence-electron chi connectivity index (χ3n) is 2.56. The first-order valence-corrected chi connectivity index (χ1v) is 6.47. The van der Waals surface area contributed by atoms with Gasteiger partial charge in [0, 0.05) is 13.7 Å². The molecular weight excluding hydrogens is 232 g/mol.